The Morgan fingerprint density at radius 1 is 1.10 bits per heavy atom. The lowest BCUT2D eigenvalue weighted by atomic mass is 10.1. The number of ether oxygens (including phenoxy) is 1. The zero-order chi connectivity index (χ0) is 14.5. The molecule has 0 amide bonds. The molecule has 0 unspecified atom stereocenters. The van der Waals surface area contributed by atoms with Gasteiger partial charge in [-0.1, -0.05) is 17.7 Å². The van der Waals surface area contributed by atoms with Gasteiger partial charge in [-0.05, 0) is 55.3 Å². The van der Waals surface area contributed by atoms with Gasteiger partial charge in [-0.25, -0.2) is 0 Å². The number of rotatable bonds is 5. The summed E-state index contributed by atoms with van der Waals surface area (Å²) in [6.45, 7) is 4.78. The maximum atomic E-state index is 6.12. The molecule has 2 N–H and O–H groups in total. The zero-order valence-corrected chi connectivity index (χ0v) is 13.2. The zero-order valence-electron chi connectivity index (χ0n) is 11.7. The van der Waals surface area contributed by atoms with Crippen LogP contribution in [0.2, 0.25) is 5.02 Å². The fraction of sp³-hybridized carbons (Fsp3) is 0.250. The van der Waals surface area contributed by atoms with E-state index in [2.05, 4.69) is 19.9 Å². The molecule has 0 atom stereocenters. The topological polar surface area (TPSA) is 35.2 Å². The van der Waals surface area contributed by atoms with Crippen LogP contribution in [0.5, 0.6) is 5.75 Å². The van der Waals surface area contributed by atoms with E-state index < -0.39 is 0 Å². The number of thioether (sulfide) groups is 1. The van der Waals surface area contributed by atoms with Gasteiger partial charge in [0.2, 0.25) is 0 Å². The fourth-order valence-corrected chi connectivity index (χ4v) is 3.05. The number of anilines is 1. The van der Waals surface area contributed by atoms with E-state index in [9.17, 15) is 0 Å². The molecule has 0 aromatic heterocycles. The Balaban J connectivity index is 1.86. The third-order valence-electron chi connectivity index (χ3n) is 2.76. The molecule has 0 aliphatic heterocycles. The van der Waals surface area contributed by atoms with Crippen molar-refractivity contribution < 1.29 is 4.74 Å². The smallest absolute Gasteiger partial charge is 0.119 e. The highest BCUT2D eigenvalue weighted by Crippen LogP contribution is 2.29. The largest absolute Gasteiger partial charge is 0.493 e. The van der Waals surface area contributed by atoms with Crippen molar-refractivity contribution >= 4 is 29.1 Å². The Labute approximate surface area is 129 Å². The van der Waals surface area contributed by atoms with Gasteiger partial charge in [0.1, 0.15) is 5.75 Å². The molecule has 2 aromatic carbocycles. The summed E-state index contributed by atoms with van der Waals surface area (Å²) in [5, 5.41) is 0.732. The van der Waals surface area contributed by atoms with Crippen molar-refractivity contribution in [1.29, 1.82) is 0 Å². The van der Waals surface area contributed by atoms with Crippen LogP contribution < -0.4 is 10.5 Å². The maximum Gasteiger partial charge on any atom is 0.119 e. The third-order valence-corrected chi connectivity index (χ3v) is 4.22. The number of hydrogen-bond donors (Lipinski definition) is 1. The summed E-state index contributed by atoms with van der Waals surface area (Å²) in [5.74, 6) is 1.75. The first-order chi connectivity index (χ1) is 9.54. The number of nitrogens with two attached hydrogens (primary N) is 1. The lowest BCUT2D eigenvalue weighted by Gasteiger charge is -2.09. The average Bonchev–Trinajstić information content (AvgIpc) is 2.37. The van der Waals surface area contributed by atoms with E-state index in [4.69, 9.17) is 22.1 Å². The molecule has 2 nitrogen and oxygen atoms in total. The highest BCUT2D eigenvalue weighted by atomic mass is 35.5. The average molecular weight is 308 g/mol. The van der Waals surface area contributed by atoms with Gasteiger partial charge in [-0.15, -0.1) is 11.8 Å². The van der Waals surface area contributed by atoms with Crippen molar-refractivity contribution in [2.75, 3.05) is 18.1 Å². The number of hydrogen-bond acceptors (Lipinski definition) is 3. The van der Waals surface area contributed by atoms with Crippen LogP contribution >= 0.6 is 23.4 Å². The molecular weight excluding hydrogens is 290 g/mol. The van der Waals surface area contributed by atoms with Crippen LogP contribution in [0.3, 0.4) is 0 Å². The second-order valence-electron chi connectivity index (χ2n) is 4.71. The minimum atomic E-state index is 0.638. The second-order valence-corrected chi connectivity index (χ2v) is 6.25. The molecule has 0 aliphatic carbocycles. The normalized spacial score (nSPS) is 10.6. The minimum Gasteiger partial charge on any atom is -0.493 e. The molecule has 2 rings (SSSR count). The lowest BCUT2D eigenvalue weighted by Crippen LogP contribution is -2.00. The van der Waals surface area contributed by atoms with E-state index in [0.717, 1.165) is 27.1 Å². The van der Waals surface area contributed by atoms with Gasteiger partial charge in [0.15, 0.2) is 0 Å². The molecule has 20 heavy (non-hydrogen) atoms. The Morgan fingerprint density at radius 3 is 2.50 bits per heavy atom. The summed E-state index contributed by atoms with van der Waals surface area (Å²) in [5.41, 5.74) is 8.91. The van der Waals surface area contributed by atoms with Gasteiger partial charge >= 0.3 is 0 Å². The predicted octanol–water partition coefficient (Wildman–Crippen LogP) is 4.71. The molecule has 4 heteroatoms. The van der Waals surface area contributed by atoms with Crippen molar-refractivity contribution in [3.8, 4) is 5.75 Å². The first-order valence-corrected chi connectivity index (χ1v) is 7.80. The molecule has 0 fully saturated rings. The van der Waals surface area contributed by atoms with Gasteiger partial charge in [-0.3, -0.25) is 0 Å². The third kappa shape index (κ3) is 4.36. The Kier molecular flexibility index (Phi) is 5.21. The van der Waals surface area contributed by atoms with Crippen LogP contribution in [0.1, 0.15) is 11.1 Å². The summed E-state index contributed by atoms with van der Waals surface area (Å²) >= 11 is 7.77. The van der Waals surface area contributed by atoms with E-state index >= 15 is 0 Å². The van der Waals surface area contributed by atoms with Gasteiger partial charge < -0.3 is 10.5 Å². The van der Waals surface area contributed by atoms with Gasteiger partial charge in [0.25, 0.3) is 0 Å². The molecule has 106 valence electrons. The number of nitrogen functional groups attached to an aromatic ring is 1. The predicted molar refractivity (Wildman–Crippen MR) is 88.0 cm³/mol. The molecule has 0 saturated heterocycles. The Bertz CT molecular complexity index is 581. The minimum absolute atomic E-state index is 0.638. The van der Waals surface area contributed by atoms with Crippen molar-refractivity contribution in [1.82, 2.24) is 0 Å². The first-order valence-electron chi connectivity index (χ1n) is 6.43. The van der Waals surface area contributed by atoms with Crippen LogP contribution in [-0.2, 0) is 0 Å². The molecule has 0 aliphatic rings. The van der Waals surface area contributed by atoms with Crippen LogP contribution in [0.4, 0.5) is 5.69 Å². The second kappa shape index (κ2) is 6.91. The SMILES string of the molecule is Cc1cc(C)cc(OCCSc2cc(N)ccc2Cl)c1. The summed E-state index contributed by atoms with van der Waals surface area (Å²) in [7, 11) is 0. The highest BCUT2D eigenvalue weighted by Gasteiger charge is 2.02. The van der Waals surface area contributed by atoms with Gasteiger partial charge in [0, 0.05) is 16.3 Å². The highest BCUT2D eigenvalue weighted by molar-refractivity contribution is 7.99. The Morgan fingerprint density at radius 2 is 1.80 bits per heavy atom. The van der Waals surface area contributed by atoms with E-state index in [1.54, 1.807) is 17.8 Å². The first kappa shape index (κ1) is 15.1. The molecule has 0 spiro atoms. The summed E-state index contributed by atoms with van der Waals surface area (Å²) in [6.07, 6.45) is 0. The summed E-state index contributed by atoms with van der Waals surface area (Å²) < 4.78 is 5.76. The molecular formula is C16H18ClNOS. The van der Waals surface area contributed by atoms with E-state index in [-0.39, 0.29) is 0 Å². The number of halogens is 1. The number of benzene rings is 2. The Hall–Kier alpha value is -1.32. The fourth-order valence-electron chi connectivity index (χ4n) is 1.96. The van der Waals surface area contributed by atoms with Crippen molar-refractivity contribution in [2.24, 2.45) is 0 Å². The van der Waals surface area contributed by atoms with Crippen LogP contribution in [0.15, 0.2) is 41.3 Å². The molecule has 0 saturated carbocycles. The van der Waals surface area contributed by atoms with Crippen LogP contribution in [-0.4, -0.2) is 12.4 Å². The van der Waals surface area contributed by atoms with Gasteiger partial charge in [0.05, 0.1) is 11.6 Å². The molecule has 2 aromatic rings. The monoisotopic (exact) mass is 307 g/mol. The standard InChI is InChI=1S/C16H18ClNOS/c1-11-7-12(2)9-14(8-11)19-5-6-20-16-10-13(18)3-4-15(16)17/h3-4,7-10H,5-6,18H2,1-2H3. The molecule has 0 bridgehead atoms. The maximum absolute atomic E-state index is 6.12. The quantitative estimate of drug-likeness (QED) is 0.493. The lowest BCUT2D eigenvalue weighted by molar-refractivity contribution is 0.343. The van der Waals surface area contributed by atoms with E-state index in [1.807, 2.05) is 24.3 Å². The van der Waals surface area contributed by atoms with Crippen LogP contribution in [0, 0.1) is 13.8 Å². The molecule has 0 heterocycles. The van der Waals surface area contributed by atoms with Crippen molar-refractivity contribution in [2.45, 2.75) is 18.7 Å². The molecule has 0 radical (unpaired) electrons. The summed E-state index contributed by atoms with van der Waals surface area (Å²) in [4.78, 5) is 0.996. The van der Waals surface area contributed by atoms with E-state index in [1.165, 1.54) is 11.1 Å². The van der Waals surface area contributed by atoms with Crippen LogP contribution in [0.25, 0.3) is 0 Å². The summed E-state index contributed by atoms with van der Waals surface area (Å²) in [6, 6.07) is 11.7. The van der Waals surface area contributed by atoms with Gasteiger partial charge in [-0.2, -0.15) is 0 Å². The number of aryl methyl sites for hydroxylation is 2. The van der Waals surface area contributed by atoms with Crippen molar-refractivity contribution in [3.63, 3.8) is 0 Å². The van der Waals surface area contributed by atoms with Crippen molar-refractivity contribution in [3.05, 3.63) is 52.5 Å². The van der Waals surface area contributed by atoms with E-state index in [0.29, 0.717) is 6.61 Å².